The molecule has 2 heterocycles. The van der Waals surface area contributed by atoms with Gasteiger partial charge in [0.05, 0.1) is 19.5 Å². The fourth-order valence-corrected chi connectivity index (χ4v) is 5.65. The third-order valence-electron chi connectivity index (χ3n) is 5.65. The first-order valence-corrected chi connectivity index (χ1v) is 14.6. The summed E-state index contributed by atoms with van der Waals surface area (Å²) < 4.78 is 12.7. The van der Waals surface area contributed by atoms with Crippen LogP contribution in [0.15, 0.2) is 59.1 Å². The number of rotatable bonds is 11. The Hall–Kier alpha value is -3.34. The van der Waals surface area contributed by atoms with Crippen molar-refractivity contribution in [3.8, 4) is 28.3 Å². The minimum absolute atomic E-state index is 0.0922. The summed E-state index contributed by atoms with van der Waals surface area (Å²) in [7, 11) is 1.31. The van der Waals surface area contributed by atoms with Crippen LogP contribution in [0.4, 0.5) is 5.00 Å². The molecule has 2 aromatic heterocycles. The Balaban J connectivity index is 1.45. The van der Waals surface area contributed by atoms with E-state index < -0.39 is 5.97 Å². The van der Waals surface area contributed by atoms with Crippen LogP contribution < -0.4 is 10.1 Å². The molecule has 2 aromatic carbocycles. The lowest BCUT2D eigenvalue weighted by Crippen LogP contribution is -2.16. The maximum Gasteiger partial charge on any atom is 0.341 e. The van der Waals surface area contributed by atoms with Crippen molar-refractivity contribution < 1.29 is 19.1 Å². The fourth-order valence-electron chi connectivity index (χ4n) is 3.75. The van der Waals surface area contributed by atoms with Crippen LogP contribution in [0.1, 0.15) is 31.1 Å². The van der Waals surface area contributed by atoms with Crippen LogP contribution in [0.5, 0.6) is 5.75 Å². The molecule has 1 N–H and O–H groups in total. The molecule has 0 spiro atoms. The third kappa shape index (κ3) is 7.00. The Morgan fingerprint density at radius 2 is 1.77 bits per heavy atom. The highest BCUT2D eigenvalue weighted by Gasteiger charge is 2.23. The van der Waals surface area contributed by atoms with Crippen molar-refractivity contribution >= 4 is 51.6 Å². The molecule has 204 valence electrons. The SMILES string of the molecule is CCn1c(SCC(=O)Nc2scc(-c3ccc(Cl)cc3)c2C(=O)OC)nnc1-c1ccc(OCC(C)C)cc1. The van der Waals surface area contributed by atoms with Crippen molar-refractivity contribution in [3.05, 3.63) is 64.5 Å². The lowest BCUT2D eigenvalue weighted by Gasteiger charge is -2.10. The van der Waals surface area contributed by atoms with E-state index in [9.17, 15) is 9.59 Å². The summed E-state index contributed by atoms with van der Waals surface area (Å²) in [6.45, 7) is 7.51. The number of nitrogens with zero attached hydrogens (tertiary/aromatic N) is 3. The van der Waals surface area contributed by atoms with E-state index in [0.717, 1.165) is 22.7 Å². The van der Waals surface area contributed by atoms with E-state index in [1.165, 1.54) is 30.2 Å². The molecule has 0 bridgehead atoms. The predicted octanol–water partition coefficient (Wildman–Crippen LogP) is 6.90. The Kier molecular flexibility index (Phi) is 9.66. The Morgan fingerprint density at radius 3 is 2.41 bits per heavy atom. The number of hydrogen-bond acceptors (Lipinski definition) is 8. The molecule has 39 heavy (non-hydrogen) atoms. The molecular weight excluding hydrogens is 556 g/mol. The van der Waals surface area contributed by atoms with E-state index in [-0.39, 0.29) is 11.7 Å². The maximum atomic E-state index is 12.9. The van der Waals surface area contributed by atoms with Crippen LogP contribution in [0.3, 0.4) is 0 Å². The second-order valence-electron chi connectivity index (χ2n) is 8.97. The normalized spacial score (nSPS) is 11.0. The van der Waals surface area contributed by atoms with E-state index in [1.807, 2.05) is 53.3 Å². The van der Waals surface area contributed by atoms with Gasteiger partial charge in [-0.05, 0) is 54.8 Å². The zero-order valence-electron chi connectivity index (χ0n) is 22.1. The van der Waals surface area contributed by atoms with E-state index in [2.05, 4.69) is 29.4 Å². The molecule has 0 aliphatic rings. The molecule has 0 saturated heterocycles. The number of carbonyl (C=O) groups excluding carboxylic acids is 2. The van der Waals surface area contributed by atoms with Crippen molar-refractivity contribution in [3.63, 3.8) is 0 Å². The second-order valence-corrected chi connectivity index (χ2v) is 11.2. The molecule has 0 fully saturated rings. The van der Waals surface area contributed by atoms with Gasteiger partial charge < -0.3 is 19.4 Å². The minimum Gasteiger partial charge on any atom is -0.493 e. The zero-order valence-corrected chi connectivity index (χ0v) is 24.5. The van der Waals surface area contributed by atoms with E-state index in [4.69, 9.17) is 21.1 Å². The number of thioether (sulfide) groups is 1. The van der Waals surface area contributed by atoms with E-state index in [0.29, 0.717) is 45.4 Å². The van der Waals surface area contributed by atoms with E-state index in [1.54, 1.807) is 12.1 Å². The molecule has 4 rings (SSSR count). The topological polar surface area (TPSA) is 95.3 Å². The molecule has 4 aromatic rings. The fraction of sp³-hybridized carbons (Fsp3) is 0.286. The first kappa shape index (κ1) is 28.7. The number of methoxy groups -OCH3 is 1. The molecule has 0 atom stereocenters. The monoisotopic (exact) mass is 584 g/mol. The predicted molar refractivity (Wildman–Crippen MR) is 157 cm³/mol. The number of benzene rings is 2. The van der Waals surface area contributed by atoms with Crippen molar-refractivity contribution in [1.29, 1.82) is 0 Å². The number of esters is 1. The highest BCUT2D eigenvalue weighted by atomic mass is 35.5. The minimum atomic E-state index is -0.528. The van der Waals surface area contributed by atoms with Crippen LogP contribution in [0, 0.1) is 5.92 Å². The summed E-state index contributed by atoms with van der Waals surface area (Å²) >= 11 is 8.55. The van der Waals surface area contributed by atoms with Gasteiger partial charge >= 0.3 is 5.97 Å². The number of aromatic nitrogens is 3. The van der Waals surface area contributed by atoms with Crippen molar-refractivity contribution in [2.24, 2.45) is 5.92 Å². The lowest BCUT2D eigenvalue weighted by molar-refractivity contribution is -0.113. The number of hydrogen-bond donors (Lipinski definition) is 1. The molecule has 0 radical (unpaired) electrons. The standard InChI is InChI=1S/C28H29ClN4O4S2/c1-5-33-25(19-8-12-21(13-9-19)37-14-17(2)3)31-32-28(33)39-16-23(34)30-26-24(27(35)36-4)22(15-38-26)18-6-10-20(29)11-7-18/h6-13,15,17H,5,14,16H2,1-4H3,(H,30,34). The van der Waals surface area contributed by atoms with Gasteiger partial charge in [-0.25, -0.2) is 4.79 Å². The number of halogens is 1. The van der Waals surface area contributed by atoms with E-state index >= 15 is 0 Å². The lowest BCUT2D eigenvalue weighted by atomic mass is 10.0. The Morgan fingerprint density at radius 1 is 1.08 bits per heavy atom. The molecule has 0 aliphatic heterocycles. The van der Waals surface area contributed by atoms with Gasteiger partial charge in [0.25, 0.3) is 0 Å². The number of amides is 1. The first-order chi connectivity index (χ1) is 18.8. The van der Waals surface area contributed by atoms with Crippen LogP contribution in [0.25, 0.3) is 22.5 Å². The highest BCUT2D eigenvalue weighted by molar-refractivity contribution is 7.99. The summed E-state index contributed by atoms with van der Waals surface area (Å²) in [5, 5.41) is 15.0. The number of nitrogens with one attached hydrogen (secondary N) is 1. The van der Waals surface area contributed by atoms with Crippen LogP contribution in [-0.4, -0.2) is 46.1 Å². The maximum absolute atomic E-state index is 12.9. The first-order valence-electron chi connectivity index (χ1n) is 12.4. The highest BCUT2D eigenvalue weighted by Crippen LogP contribution is 2.37. The van der Waals surface area contributed by atoms with Crippen LogP contribution >= 0.6 is 34.7 Å². The van der Waals surface area contributed by atoms with Crippen molar-refractivity contribution in [2.75, 3.05) is 24.8 Å². The summed E-state index contributed by atoms with van der Waals surface area (Å²) in [5.74, 6) is 1.26. The largest absolute Gasteiger partial charge is 0.493 e. The summed E-state index contributed by atoms with van der Waals surface area (Å²) in [4.78, 5) is 25.5. The molecule has 0 unspecified atom stereocenters. The van der Waals surface area contributed by atoms with Gasteiger partial charge in [-0.15, -0.1) is 21.5 Å². The summed E-state index contributed by atoms with van der Waals surface area (Å²) in [6.07, 6.45) is 0. The summed E-state index contributed by atoms with van der Waals surface area (Å²) in [6, 6.07) is 14.9. The number of anilines is 1. The van der Waals surface area contributed by atoms with Gasteiger partial charge in [0, 0.05) is 28.1 Å². The molecule has 0 saturated carbocycles. The molecule has 1 amide bonds. The average Bonchev–Trinajstić information content (AvgIpc) is 3.55. The molecule has 11 heteroatoms. The van der Waals surface area contributed by atoms with Crippen LogP contribution in [-0.2, 0) is 16.1 Å². The number of thiophene rings is 1. The van der Waals surface area contributed by atoms with Crippen molar-refractivity contribution in [2.45, 2.75) is 32.5 Å². The molecule has 0 aliphatic carbocycles. The second kappa shape index (κ2) is 13.1. The van der Waals surface area contributed by atoms with Gasteiger partial charge in [-0.1, -0.05) is 49.3 Å². The Bertz CT molecular complexity index is 1430. The summed E-state index contributed by atoms with van der Waals surface area (Å²) in [5.41, 5.74) is 2.69. The van der Waals surface area contributed by atoms with Crippen molar-refractivity contribution in [1.82, 2.24) is 14.8 Å². The van der Waals surface area contributed by atoms with Crippen LogP contribution in [0.2, 0.25) is 5.02 Å². The van der Waals surface area contributed by atoms with Gasteiger partial charge in [-0.3, -0.25) is 4.79 Å². The molecule has 8 nitrogen and oxygen atoms in total. The average molecular weight is 585 g/mol. The Labute approximate surface area is 240 Å². The van der Waals surface area contributed by atoms with Gasteiger partial charge in [0.15, 0.2) is 11.0 Å². The molecular formula is C28H29ClN4O4S2. The third-order valence-corrected chi connectivity index (χ3v) is 7.76. The quantitative estimate of drug-likeness (QED) is 0.151. The number of ether oxygens (including phenoxy) is 2. The van der Waals surface area contributed by atoms with Gasteiger partial charge in [0.2, 0.25) is 5.91 Å². The van der Waals surface area contributed by atoms with Gasteiger partial charge in [0.1, 0.15) is 16.3 Å². The number of carbonyl (C=O) groups is 2. The zero-order chi connectivity index (χ0) is 27.9. The van der Waals surface area contributed by atoms with Gasteiger partial charge in [-0.2, -0.15) is 0 Å². The smallest absolute Gasteiger partial charge is 0.341 e.